The molecule has 1 amide bonds. The Kier molecular flexibility index (Phi) is 6.29. The van der Waals surface area contributed by atoms with Crippen LogP contribution in [-0.2, 0) is 0 Å². The number of benzene rings is 1. The van der Waals surface area contributed by atoms with Gasteiger partial charge < -0.3 is 10.2 Å². The van der Waals surface area contributed by atoms with Crippen molar-refractivity contribution in [1.29, 1.82) is 0 Å². The Morgan fingerprint density at radius 1 is 1.30 bits per heavy atom. The Labute approximate surface area is 135 Å². The molecule has 0 radical (unpaired) electrons. The standard InChI is InChI=1S/C16H23IN2O/c1-13-7-11-19(12-8-13)10-2-9-18-16(20)14-3-5-15(17)6-4-14/h3-6,13H,2,7-12H2,1H3,(H,18,20). The van der Waals surface area contributed by atoms with Gasteiger partial charge in [0.1, 0.15) is 0 Å². The predicted molar refractivity (Wildman–Crippen MR) is 90.9 cm³/mol. The monoisotopic (exact) mass is 386 g/mol. The van der Waals surface area contributed by atoms with E-state index in [9.17, 15) is 4.79 Å². The van der Waals surface area contributed by atoms with Gasteiger partial charge in [-0.15, -0.1) is 0 Å². The molecule has 4 heteroatoms. The third-order valence-corrected chi connectivity index (χ3v) is 4.64. The highest BCUT2D eigenvalue weighted by atomic mass is 127. The average Bonchev–Trinajstić information content (AvgIpc) is 2.46. The number of carbonyl (C=O) groups is 1. The van der Waals surface area contributed by atoms with Gasteiger partial charge >= 0.3 is 0 Å². The number of amides is 1. The molecule has 1 aromatic carbocycles. The number of halogens is 1. The Bertz CT molecular complexity index is 425. The largest absolute Gasteiger partial charge is 0.352 e. The molecule has 2 rings (SSSR count). The zero-order valence-corrected chi connectivity index (χ0v) is 14.2. The van der Waals surface area contributed by atoms with Crippen molar-refractivity contribution in [3.63, 3.8) is 0 Å². The first-order valence-electron chi connectivity index (χ1n) is 7.41. The van der Waals surface area contributed by atoms with Crippen molar-refractivity contribution >= 4 is 28.5 Å². The van der Waals surface area contributed by atoms with Crippen molar-refractivity contribution in [3.05, 3.63) is 33.4 Å². The number of nitrogens with one attached hydrogen (secondary N) is 1. The molecule has 1 aliphatic rings. The van der Waals surface area contributed by atoms with Crippen LogP contribution in [-0.4, -0.2) is 37.0 Å². The van der Waals surface area contributed by atoms with Gasteiger partial charge in [0.25, 0.3) is 5.91 Å². The van der Waals surface area contributed by atoms with Crippen molar-refractivity contribution < 1.29 is 4.79 Å². The van der Waals surface area contributed by atoms with Gasteiger partial charge in [0.2, 0.25) is 0 Å². The Morgan fingerprint density at radius 3 is 2.60 bits per heavy atom. The van der Waals surface area contributed by atoms with E-state index < -0.39 is 0 Å². The van der Waals surface area contributed by atoms with Gasteiger partial charge in [-0.2, -0.15) is 0 Å². The lowest BCUT2D eigenvalue weighted by Gasteiger charge is -2.30. The summed E-state index contributed by atoms with van der Waals surface area (Å²) >= 11 is 2.24. The van der Waals surface area contributed by atoms with Crippen LogP contribution in [0.15, 0.2) is 24.3 Å². The average molecular weight is 386 g/mol. The van der Waals surface area contributed by atoms with Crippen LogP contribution in [0.1, 0.15) is 36.5 Å². The summed E-state index contributed by atoms with van der Waals surface area (Å²) in [5.41, 5.74) is 0.747. The highest BCUT2D eigenvalue weighted by Gasteiger charge is 2.14. The highest BCUT2D eigenvalue weighted by Crippen LogP contribution is 2.15. The Morgan fingerprint density at radius 2 is 1.95 bits per heavy atom. The second-order valence-corrected chi connectivity index (χ2v) is 6.89. The second kappa shape index (κ2) is 7.98. The summed E-state index contributed by atoms with van der Waals surface area (Å²) in [5, 5.41) is 3.00. The van der Waals surface area contributed by atoms with Gasteiger partial charge in [0, 0.05) is 15.7 Å². The van der Waals surface area contributed by atoms with Gasteiger partial charge in [-0.1, -0.05) is 6.92 Å². The third kappa shape index (κ3) is 5.05. The summed E-state index contributed by atoms with van der Waals surface area (Å²) in [7, 11) is 0. The van der Waals surface area contributed by atoms with Crippen LogP contribution < -0.4 is 5.32 Å². The van der Waals surface area contributed by atoms with E-state index in [2.05, 4.69) is 39.7 Å². The van der Waals surface area contributed by atoms with Gasteiger partial charge in [-0.3, -0.25) is 4.79 Å². The molecule has 0 aromatic heterocycles. The van der Waals surface area contributed by atoms with Crippen molar-refractivity contribution in [2.45, 2.75) is 26.2 Å². The molecule has 1 saturated heterocycles. The van der Waals surface area contributed by atoms with Gasteiger partial charge in [0.15, 0.2) is 0 Å². The molecule has 0 aliphatic carbocycles. The minimum atomic E-state index is 0.0358. The van der Waals surface area contributed by atoms with Gasteiger partial charge in [0.05, 0.1) is 0 Å². The lowest BCUT2D eigenvalue weighted by molar-refractivity contribution is 0.0950. The molecular weight excluding hydrogens is 363 g/mol. The maximum Gasteiger partial charge on any atom is 0.251 e. The summed E-state index contributed by atoms with van der Waals surface area (Å²) in [4.78, 5) is 14.4. The van der Waals surface area contributed by atoms with Crippen LogP contribution in [0, 0.1) is 9.49 Å². The molecule has 0 spiro atoms. The number of piperidine rings is 1. The zero-order chi connectivity index (χ0) is 14.4. The van der Waals surface area contributed by atoms with E-state index in [1.54, 1.807) is 0 Å². The van der Waals surface area contributed by atoms with Crippen LogP contribution in [0.5, 0.6) is 0 Å². The lowest BCUT2D eigenvalue weighted by atomic mass is 9.99. The van der Waals surface area contributed by atoms with Crippen LogP contribution in [0.4, 0.5) is 0 Å². The maximum atomic E-state index is 11.9. The molecule has 20 heavy (non-hydrogen) atoms. The van der Waals surface area contributed by atoms with E-state index >= 15 is 0 Å². The van der Waals surface area contributed by atoms with E-state index in [0.29, 0.717) is 0 Å². The molecule has 1 aliphatic heterocycles. The summed E-state index contributed by atoms with van der Waals surface area (Å²) in [6.07, 6.45) is 3.66. The van der Waals surface area contributed by atoms with Gasteiger partial charge in [-0.25, -0.2) is 0 Å². The molecule has 3 nitrogen and oxygen atoms in total. The molecule has 1 heterocycles. The van der Waals surface area contributed by atoms with Crippen LogP contribution in [0.2, 0.25) is 0 Å². The Balaban J connectivity index is 1.63. The van der Waals surface area contributed by atoms with Crippen LogP contribution in [0.3, 0.4) is 0 Å². The van der Waals surface area contributed by atoms with Crippen molar-refractivity contribution in [2.24, 2.45) is 5.92 Å². The fourth-order valence-electron chi connectivity index (χ4n) is 2.49. The molecule has 1 aromatic rings. The summed E-state index contributed by atoms with van der Waals surface area (Å²) in [5.74, 6) is 0.917. The fraction of sp³-hybridized carbons (Fsp3) is 0.562. The lowest BCUT2D eigenvalue weighted by Crippen LogP contribution is -2.35. The van der Waals surface area contributed by atoms with Crippen molar-refractivity contribution in [1.82, 2.24) is 10.2 Å². The minimum absolute atomic E-state index is 0.0358. The zero-order valence-electron chi connectivity index (χ0n) is 12.1. The molecule has 110 valence electrons. The normalized spacial score (nSPS) is 17.1. The first-order valence-corrected chi connectivity index (χ1v) is 8.49. The SMILES string of the molecule is CC1CCN(CCCNC(=O)c2ccc(I)cc2)CC1. The molecule has 0 unspecified atom stereocenters. The first kappa shape index (κ1) is 15.8. The van der Waals surface area contributed by atoms with E-state index in [-0.39, 0.29) is 5.91 Å². The number of likely N-dealkylation sites (tertiary alicyclic amines) is 1. The molecule has 1 fully saturated rings. The third-order valence-electron chi connectivity index (χ3n) is 3.92. The minimum Gasteiger partial charge on any atom is -0.352 e. The molecule has 0 atom stereocenters. The highest BCUT2D eigenvalue weighted by molar-refractivity contribution is 14.1. The second-order valence-electron chi connectivity index (χ2n) is 5.64. The summed E-state index contributed by atoms with van der Waals surface area (Å²) < 4.78 is 1.15. The quantitative estimate of drug-likeness (QED) is 0.623. The number of hydrogen-bond acceptors (Lipinski definition) is 2. The molecule has 0 saturated carbocycles. The van der Waals surface area contributed by atoms with E-state index in [4.69, 9.17) is 0 Å². The Hall–Kier alpha value is -0.620. The molecule has 1 N–H and O–H groups in total. The number of nitrogens with zero attached hydrogens (tertiary/aromatic N) is 1. The van der Waals surface area contributed by atoms with Crippen molar-refractivity contribution in [2.75, 3.05) is 26.2 Å². The predicted octanol–water partition coefficient (Wildman–Crippen LogP) is 3.14. The molecular formula is C16H23IN2O. The number of rotatable bonds is 5. The van der Waals surface area contributed by atoms with Crippen molar-refractivity contribution in [3.8, 4) is 0 Å². The smallest absolute Gasteiger partial charge is 0.251 e. The van der Waals surface area contributed by atoms with E-state index in [0.717, 1.165) is 34.6 Å². The first-order chi connectivity index (χ1) is 9.65. The van der Waals surface area contributed by atoms with E-state index in [1.807, 2.05) is 24.3 Å². The van der Waals surface area contributed by atoms with Crippen LogP contribution in [0.25, 0.3) is 0 Å². The topological polar surface area (TPSA) is 32.3 Å². The molecule has 0 bridgehead atoms. The van der Waals surface area contributed by atoms with Crippen LogP contribution >= 0.6 is 22.6 Å². The maximum absolute atomic E-state index is 11.9. The fourth-order valence-corrected chi connectivity index (χ4v) is 2.85. The summed E-state index contributed by atoms with van der Waals surface area (Å²) in [6, 6.07) is 7.68. The number of carbonyl (C=O) groups excluding carboxylic acids is 1. The van der Waals surface area contributed by atoms with E-state index in [1.165, 1.54) is 25.9 Å². The number of hydrogen-bond donors (Lipinski definition) is 1. The summed E-state index contributed by atoms with van der Waals surface area (Å²) in [6.45, 7) is 6.62. The van der Waals surface area contributed by atoms with Gasteiger partial charge in [-0.05, 0) is 91.7 Å².